The van der Waals surface area contributed by atoms with Crippen LogP contribution in [0, 0.1) is 5.41 Å². The van der Waals surface area contributed by atoms with Gasteiger partial charge < -0.3 is 10.5 Å². The summed E-state index contributed by atoms with van der Waals surface area (Å²) in [6, 6.07) is 0. The van der Waals surface area contributed by atoms with Crippen molar-refractivity contribution in [3.05, 3.63) is 0 Å². The summed E-state index contributed by atoms with van der Waals surface area (Å²) < 4.78 is 5.77. The molecule has 2 fully saturated rings. The smallest absolute Gasteiger partial charge is 0.0702 e. The molecule has 0 aromatic carbocycles. The van der Waals surface area contributed by atoms with Crippen LogP contribution in [-0.4, -0.2) is 43.3 Å². The molecule has 1 heterocycles. The van der Waals surface area contributed by atoms with Crippen LogP contribution in [0.2, 0.25) is 0 Å². The first-order valence-electron chi connectivity index (χ1n) is 7.50. The molecular weight excluding hydrogens is 224 g/mol. The second-order valence-corrected chi connectivity index (χ2v) is 7.14. The summed E-state index contributed by atoms with van der Waals surface area (Å²) >= 11 is 0. The van der Waals surface area contributed by atoms with E-state index in [0.29, 0.717) is 11.5 Å². The van der Waals surface area contributed by atoms with Crippen LogP contribution in [-0.2, 0) is 4.74 Å². The van der Waals surface area contributed by atoms with Crippen LogP contribution in [0.5, 0.6) is 0 Å². The van der Waals surface area contributed by atoms with Crippen molar-refractivity contribution >= 4 is 0 Å². The lowest BCUT2D eigenvalue weighted by atomic mass is 9.67. The average Bonchev–Trinajstić information content (AvgIpc) is 2.80. The Morgan fingerprint density at radius 2 is 2.06 bits per heavy atom. The fraction of sp³-hybridized carbons (Fsp3) is 1.00. The first-order chi connectivity index (χ1) is 8.47. The molecule has 0 aromatic heterocycles. The van der Waals surface area contributed by atoms with Crippen molar-refractivity contribution in [3.63, 3.8) is 0 Å². The van der Waals surface area contributed by atoms with Gasteiger partial charge in [0.25, 0.3) is 0 Å². The van der Waals surface area contributed by atoms with Gasteiger partial charge >= 0.3 is 0 Å². The van der Waals surface area contributed by atoms with E-state index in [2.05, 4.69) is 25.8 Å². The van der Waals surface area contributed by atoms with Crippen LogP contribution in [0.25, 0.3) is 0 Å². The van der Waals surface area contributed by atoms with E-state index in [9.17, 15) is 0 Å². The molecule has 1 aliphatic heterocycles. The molecule has 0 spiro atoms. The van der Waals surface area contributed by atoms with E-state index in [1.165, 1.54) is 38.5 Å². The molecule has 1 saturated carbocycles. The van der Waals surface area contributed by atoms with Gasteiger partial charge in [-0.25, -0.2) is 0 Å². The number of likely N-dealkylation sites (N-methyl/N-ethyl adjacent to an activating group) is 1. The Morgan fingerprint density at radius 3 is 2.61 bits per heavy atom. The number of hydrogen-bond donors (Lipinski definition) is 1. The molecule has 0 bridgehead atoms. The summed E-state index contributed by atoms with van der Waals surface area (Å²) in [6.45, 7) is 7.54. The van der Waals surface area contributed by atoms with Crippen molar-refractivity contribution in [1.29, 1.82) is 0 Å². The van der Waals surface area contributed by atoms with Crippen LogP contribution in [0.4, 0.5) is 0 Å². The molecule has 2 unspecified atom stereocenters. The van der Waals surface area contributed by atoms with Crippen molar-refractivity contribution in [2.45, 2.75) is 64.0 Å². The predicted molar refractivity (Wildman–Crippen MR) is 75.6 cm³/mol. The highest BCUT2D eigenvalue weighted by Crippen LogP contribution is 2.43. The number of hydrogen-bond acceptors (Lipinski definition) is 3. The van der Waals surface area contributed by atoms with Gasteiger partial charge in [0.2, 0.25) is 0 Å². The molecule has 1 saturated heterocycles. The topological polar surface area (TPSA) is 38.5 Å². The Labute approximate surface area is 112 Å². The average molecular weight is 254 g/mol. The number of nitrogens with zero attached hydrogens (tertiary/aromatic N) is 1. The Morgan fingerprint density at radius 1 is 1.28 bits per heavy atom. The van der Waals surface area contributed by atoms with Gasteiger partial charge in [-0.2, -0.15) is 0 Å². The second-order valence-electron chi connectivity index (χ2n) is 7.14. The molecule has 0 amide bonds. The van der Waals surface area contributed by atoms with Crippen LogP contribution < -0.4 is 5.73 Å². The summed E-state index contributed by atoms with van der Waals surface area (Å²) in [7, 11) is 2.25. The number of rotatable bonds is 4. The third-order valence-corrected chi connectivity index (χ3v) is 4.99. The molecule has 3 nitrogen and oxygen atoms in total. The molecule has 2 rings (SSSR count). The Hall–Kier alpha value is -0.120. The summed E-state index contributed by atoms with van der Waals surface area (Å²) in [4.78, 5) is 2.50. The second kappa shape index (κ2) is 5.48. The van der Waals surface area contributed by atoms with Gasteiger partial charge in [0, 0.05) is 25.2 Å². The zero-order chi connectivity index (χ0) is 13.2. The first kappa shape index (κ1) is 14.3. The van der Waals surface area contributed by atoms with E-state index in [-0.39, 0.29) is 5.54 Å². The maximum atomic E-state index is 6.15. The van der Waals surface area contributed by atoms with Gasteiger partial charge in [0.15, 0.2) is 0 Å². The molecule has 1 aliphatic carbocycles. The van der Waals surface area contributed by atoms with Gasteiger partial charge in [-0.05, 0) is 44.6 Å². The summed E-state index contributed by atoms with van der Waals surface area (Å²) in [6.07, 6.45) is 7.98. The molecule has 18 heavy (non-hydrogen) atoms. The predicted octanol–water partition coefficient (Wildman–Crippen LogP) is 2.39. The van der Waals surface area contributed by atoms with E-state index in [4.69, 9.17) is 10.5 Å². The highest BCUT2D eigenvalue weighted by Gasteiger charge is 2.42. The Balaban J connectivity index is 2.01. The van der Waals surface area contributed by atoms with Crippen LogP contribution >= 0.6 is 0 Å². The minimum atomic E-state index is 0.202. The highest BCUT2D eigenvalue weighted by atomic mass is 16.5. The third-order valence-electron chi connectivity index (χ3n) is 4.99. The van der Waals surface area contributed by atoms with Crippen molar-refractivity contribution in [3.8, 4) is 0 Å². The van der Waals surface area contributed by atoms with E-state index >= 15 is 0 Å². The molecular formula is C15H30N2O. The molecule has 2 N–H and O–H groups in total. The third kappa shape index (κ3) is 3.06. The quantitative estimate of drug-likeness (QED) is 0.837. The Kier molecular flexibility index (Phi) is 4.35. The van der Waals surface area contributed by atoms with Gasteiger partial charge in [-0.15, -0.1) is 0 Å². The molecule has 106 valence electrons. The lowest BCUT2D eigenvalue weighted by Gasteiger charge is -2.50. The zero-order valence-electron chi connectivity index (χ0n) is 12.4. The fourth-order valence-electron chi connectivity index (χ4n) is 3.91. The lowest BCUT2D eigenvalue weighted by molar-refractivity contribution is -0.00740. The van der Waals surface area contributed by atoms with Crippen molar-refractivity contribution < 1.29 is 4.74 Å². The fourth-order valence-corrected chi connectivity index (χ4v) is 3.91. The van der Waals surface area contributed by atoms with Gasteiger partial charge in [0.1, 0.15) is 0 Å². The minimum absolute atomic E-state index is 0.202. The minimum Gasteiger partial charge on any atom is -0.377 e. The SMILES string of the molecule is CN(CC1CCCO1)C1(CN)CCCC(C)(C)C1. The molecule has 3 heteroatoms. The van der Waals surface area contributed by atoms with E-state index < -0.39 is 0 Å². The highest BCUT2D eigenvalue weighted by molar-refractivity contribution is 4.99. The molecule has 0 aromatic rings. The van der Waals surface area contributed by atoms with Gasteiger partial charge in [-0.1, -0.05) is 20.3 Å². The standard InChI is InChI=1S/C15H30N2O/c1-14(2)7-5-8-15(11-14,12-16)17(3)10-13-6-4-9-18-13/h13H,4-12,16H2,1-3H3. The van der Waals surface area contributed by atoms with Crippen molar-refractivity contribution in [2.75, 3.05) is 26.7 Å². The van der Waals surface area contributed by atoms with Crippen LogP contribution in [0.3, 0.4) is 0 Å². The largest absolute Gasteiger partial charge is 0.377 e. The lowest BCUT2D eigenvalue weighted by Crippen LogP contribution is -2.57. The normalized spacial score (nSPS) is 36.2. The van der Waals surface area contributed by atoms with Crippen LogP contribution in [0.15, 0.2) is 0 Å². The van der Waals surface area contributed by atoms with Crippen molar-refractivity contribution in [2.24, 2.45) is 11.1 Å². The van der Waals surface area contributed by atoms with Crippen molar-refractivity contribution in [1.82, 2.24) is 4.90 Å². The first-order valence-corrected chi connectivity index (χ1v) is 7.50. The molecule has 2 atom stereocenters. The zero-order valence-corrected chi connectivity index (χ0v) is 12.4. The van der Waals surface area contributed by atoms with Gasteiger partial charge in [-0.3, -0.25) is 4.90 Å². The van der Waals surface area contributed by atoms with Crippen LogP contribution in [0.1, 0.15) is 52.4 Å². The van der Waals surface area contributed by atoms with E-state index in [1.807, 2.05) is 0 Å². The molecule has 2 aliphatic rings. The Bertz CT molecular complexity index is 274. The van der Waals surface area contributed by atoms with E-state index in [1.54, 1.807) is 0 Å². The maximum absolute atomic E-state index is 6.15. The summed E-state index contributed by atoms with van der Waals surface area (Å²) in [5.74, 6) is 0. The summed E-state index contributed by atoms with van der Waals surface area (Å²) in [5.41, 5.74) is 6.79. The summed E-state index contributed by atoms with van der Waals surface area (Å²) in [5, 5.41) is 0. The maximum Gasteiger partial charge on any atom is 0.0702 e. The van der Waals surface area contributed by atoms with E-state index in [0.717, 1.165) is 19.7 Å². The molecule has 0 radical (unpaired) electrons. The number of nitrogens with two attached hydrogens (primary N) is 1. The van der Waals surface area contributed by atoms with Gasteiger partial charge in [0.05, 0.1) is 6.10 Å². The monoisotopic (exact) mass is 254 g/mol. The number of ether oxygens (including phenoxy) is 1.